The number of hydrogen-bond acceptors (Lipinski definition) is 5. The Bertz CT molecular complexity index is 741. The molecule has 0 fully saturated rings. The summed E-state index contributed by atoms with van der Waals surface area (Å²) in [4.78, 5) is 4.70. The minimum absolute atomic E-state index is 0.165. The molecule has 0 spiro atoms. The van der Waals surface area contributed by atoms with Crippen molar-refractivity contribution in [3.63, 3.8) is 0 Å². The van der Waals surface area contributed by atoms with E-state index in [1.165, 1.54) is 6.20 Å². The number of aryl methyl sites for hydroxylation is 2. The van der Waals surface area contributed by atoms with E-state index in [9.17, 15) is 8.42 Å². The number of anilines is 1. The number of thiophene rings is 1. The average molecular weight is 377 g/mol. The van der Waals surface area contributed by atoms with Gasteiger partial charge in [-0.1, -0.05) is 0 Å². The number of sulfonamides is 1. The maximum Gasteiger partial charge on any atom is 0.272 e. The highest BCUT2D eigenvalue weighted by molar-refractivity contribution is 9.10. The van der Waals surface area contributed by atoms with Crippen LogP contribution in [0.15, 0.2) is 27.0 Å². The Labute approximate surface area is 129 Å². The van der Waals surface area contributed by atoms with Crippen LogP contribution in [0.4, 0.5) is 5.82 Å². The van der Waals surface area contributed by atoms with Gasteiger partial charge in [-0.05, 0) is 53.0 Å². The fourth-order valence-electron chi connectivity index (χ4n) is 1.60. The first kappa shape index (κ1) is 15.4. The smallest absolute Gasteiger partial charge is 0.272 e. The van der Waals surface area contributed by atoms with Crippen LogP contribution in [0.25, 0.3) is 0 Å². The van der Waals surface area contributed by atoms with E-state index in [4.69, 9.17) is 5.11 Å². The molecule has 0 unspecified atom stereocenters. The first-order valence-corrected chi connectivity index (χ1v) is 8.78. The van der Waals surface area contributed by atoms with Crippen molar-refractivity contribution in [2.24, 2.45) is 0 Å². The maximum atomic E-state index is 12.3. The quantitative estimate of drug-likeness (QED) is 0.859. The summed E-state index contributed by atoms with van der Waals surface area (Å²) >= 11 is 4.33. The molecule has 2 rings (SSSR count). The van der Waals surface area contributed by atoms with Gasteiger partial charge in [-0.15, -0.1) is 11.3 Å². The molecule has 0 saturated carbocycles. The highest BCUT2D eigenvalue weighted by atomic mass is 79.9. The van der Waals surface area contributed by atoms with Crippen LogP contribution < -0.4 is 4.72 Å². The number of aliphatic hydroxyl groups is 1. The fourth-order valence-corrected chi connectivity index (χ4v) is 4.58. The van der Waals surface area contributed by atoms with Crippen LogP contribution in [0.5, 0.6) is 0 Å². The summed E-state index contributed by atoms with van der Waals surface area (Å²) < 4.78 is 28.0. The number of aromatic nitrogens is 1. The Morgan fingerprint density at radius 1 is 1.35 bits per heavy atom. The van der Waals surface area contributed by atoms with Gasteiger partial charge in [0.05, 0.1) is 6.61 Å². The Kier molecular flexibility index (Phi) is 4.48. The first-order valence-electron chi connectivity index (χ1n) is 5.68. The van der Waals surface area contributed by atoms with Crippen LogP contribution in [0, 0.1) is 13.8 Å². The Morgan fingerprint density at radius 3 is 2.60 bits per heavy atom. The molecule has 0 radical (unpaired) electrons. The Balaban J connectivity index is 2.35. The number of halogens is 1. The minimum atomic E-state index is -3.68. The van der Waals surface area contributed by atoms with Crippen molar-refractivity contribution in [2.75, 3.05) is 4.72 Å². The molecule has 0 amide bonds. The molecule has 0 saturated heterocycles. The van der Waals surface area contributed by atoms with Crippen molar-refractivity contribution in [3.05, 3.63) is 38.8 Å². The molecule has 108 valence electrons. The maximum absolute atomic E-state index is 12.3. The molecule has 0 aliphatic heterocycles. The molecule has 5 nitrogen and oxygen atoms in total. The van der Waals surface area contributed by atoms with E-state index < -0.39 is 10.0 Å². The van der Waals surface area contributed by atoms with E-state index in [-0.39, 0.29) is 10.8 Å². The second kappa shape index (κ2) is 5.80. The van der Waals surface area contributed by atoms with Crippen LogP contribution in [-0.4, -0.2) is 18.5 Å². The Morgan fingerprint density at radius 2 is 2.05 bits per heavy atom. The van der Waals surface area contributed by atoms with Gasteiger partial charge in [0.2, 0.25) is 0 Å². The van der Waals surface area contributed by atoms with Crippen molar-refractivity contribution < 1.29 is 13.5 Å². The van der Waals surface area contributed by atoms with Crippen LogP contribution >= 0.6 is 27.3 Å². The van der Waals surface area contributed by atoms with Crippen molar-refractivity contribution in [1.29, 1.82) is 0 Å². The summed E-state index contributed by atoms with van der Waals surface area (Å²) in [6.07, 6.45) is 1.53. The molecule has 2 N–H and O–H groups in total. The lowest BCUT2D eigenvalue weighted by molar-refractivity contribution is 0.285. The highest BCUT2D eigenvalue weighted by Crippen LogP contribution is 2.28. The average Bonchev–Trinajstić information content (AvgIpc) is 2.75. The summed E-state index contributed by atoms with van der Waals surface area (Å²) in [6, 6.07) is 3.33. The highest BCUT2D eigenvalue weighted by Gasteiger charge is 2.20. The summed E-state index contributed by atoms with van der Waals surface area (Å²) in [7, 11) is -3.68. The van der Waals surface area contributed by atoms with Crippen LogP contribution in [0.1, 0.15) is 16.0 Å². The molecule has 0 atom stereocenters. The largest absolute Gasteiger partial charge is 0.391 e. The third-order valence-corrected chi connectivity index (χ3v) is 6.15. The lowest BCUT2D eigenvalue weighted by Gasteiger charge is -2.08. The van der Waals surface area contributed by atoms with Crippen molar-refractivity contribution in [1.82, 2.24) is 4.98 Å². The molecule has 8 heteroatoms. The van der Waals surface area contributed by atoms with Gasteiger partial charge in [0.25, 0.3) is 10.0 Å². The van der Waals surface area contributed by atoms with Gasteiger partial charge in [0.15, 0.2) is 0 Å². The van der Waals surface area contributed by atoms with E-state index in [1.54, 1.807) is 26.0 Å². The van der Waals surface area contributed by atoms with E-state index in [0.717, 1.165) is 26.9 Å². The standard InChI is InChI=1S/C12H13BrN2O3S2/c1-7-4-11(19-10(7)6-16)20(17,18)15-12-8(2)3-9(13)5-14-12/h3-5,16H,6H2,1-2H3,(H,14,15). The molecular formula is C12H13BrN2O3S2. The summed E-state index contributed by atoms with van der Waals surface area (Å²) in [5.74, 6) is 0.296. The third kappa shape index (κ3) is 3.20. The zero-order valence-corrected chi connectivity index (χ0v) is 14.1. The van der Waals surface area contributed by atoms with E-state index in [2.05, 4.69) is 25.6 Å². The van der Waals surface area contributed by atoms with Gasteiger partial charge in [-0.3, -0.25) is 4.72 Å². The number of nitrogens with one attached hydrogen (secondary N) is 1. The molecule has 0 aromatic carbocycles. The lowest BCUT2D eigenvalue weighted by atomic mass is 10.3. The summed E-state index contributed by atoms with van der Waals surface area (Å²) in [5, 5.41) is 9.14. The number of rotatable bonds is 4. The molecule has 0 aliphatic carbocycles. The number of aliphatic hydroxyl groups excluding tert-OH is 1. The summed E-state index contributed by atoms with van der Waals surface area (Å²) in [6.45, 7) is 3.38. The van der Waals surface area contributed by atoms with Crippen LogP contribution in [-0.2, 0) is 16.6 Å². The van der Waals surface area contributed by atoms with E-state index in [0.29, 0.717) is 10.7 Å². The molecular weight excluding hydrogens is 364 g/mol. The van der Waals surface area contributed by atoms with Gasteiger partial charge in [-0.25, -0.2) is 13.4 Å². The van der Waals surface area contributed by atoms with Crippen molar-refractivity contribution in [3.8, 4) is 0 Å². The van der Waals surface area contributed by atoms with Gasteiger partial charge in [-0.2, -0.15) is 0 Å². The predicted molar refractivity (Wildman–Crippen MR) is 82.5 cm³/mol. The molecule has 0 bridgehead atoms. The number of hydrogen-bond donors (Lipinski definition) is 2. The lowest BCUT2D eigenvalue weighted by Crippen LogP contribution is -2.13. The SMILES string of the molecule is Cc1cc(Br)cnc1NS(=O)(=O)c1cc(C)c(CO)s1. The van der Waals surface area contributed by atoms with Crippen LogP contribution in [0.2, 0.25) is 0 Å². The fraction of sp³-hybridized carbons (Fsp3) is 0.250. The number of nitrogens with zero attached hydrogens (tertiary/aromatic N) is 1. The van der Waals surface area contributed by atoms with Crippen molar-refractivity contribution in [2.45, 2.75) is 24.7 Å². The van der Waals surface area contributed by atoms with Gasteiger partial charge in [0.1, 0.15) is 10.0 Å². The predicted octanol–water partition coefficient (Wildman–Crippen LogP) is 2.82. The Hall–Kier alpha value is -0.960. The van der Waals surface area contributed by atoms with Crippen LogP contribution in [0.3, 0.4) is 0 Å². The molecule has 2 aromatic rings. The molecule has 0 aliphatic rings. The molecule has 2 aromatic heterocycles. The number of pyridine rings is 1. The van der Waals surface area contributed by atoms with Gasteiger partial charge >= 0.3 is 0 Å². The molecule has 20 heavy (non-hydrogen) atoms. The van der Waals surface area contributed by atoms with Gasteiger partial charge < -0.3 is 5.11 Å². The zero-order chi connectivity index (χ0) is 14.9. The third-order valence-electron chi connectivity index (χ3n) is 2.68. The monoisotopic (exact) mass is 376 g/mol. The van der Waals surface area contributed by atoms with Gasteiger partial charge in [0, 0.05) is 15.5 Å². The topological polar surface area (TPSA) is 79.3 Å². The summed E-state index contributed by atoms with van der Waals surface area (Å²) in [5.41, 5.74) is 1.48. The van der Waals surface area contributed by atoms with Crippen molar-refractivity contribution >= 4 is 43.1 Å². The van der Waals surface area contributed by atoms with E-state index >= 15 is 0 Å². The minimum Gasteiger partial charge on any atom is -0.391 e. The molecule has 2 heterocycles. The second-order valence-electron chi connectivity index (χ2n) is 4.25. The first-order chi connectivity index (χ1) is 9.33. The van der Waals surface area contributed by atoms with E-state index in [1.807, 2.05) is 0 Å². The normalized spacial score (nSPS) is 11.6. The second-order valence-corrected chi connectivity index (χ2v) is 8.22. The zero-order valence-electron chi connectivity index (χ0n) is 10.8.